The van der Waals surface area contributed by atoms with E-state index in [4.69, 9.17) is 16.3 Å². The minimum Gasteiger partial charge on any atom is -0.508 e. The van der Waals surface area contributed by atoms with Crippen LogP contribution in [0.15, 0.2) is 36.5 Å². The molecule has 1 aromatic carbocycles. The minimum atomic E-state index is -1.01. The number of amides is 2. The summed E-state index contributed by atoms with van der Waals surface area (Å²) in [6.07, 6.45) is 1.99. The van der Waals surface area contributed by atoms with Gasteiger partial charge in [0.25, 0.3) is 5.91 Å². The Kier molecular flexibility index (Phi) is 7.32. The summed E-state index contributed by atoms with van der Waals surface area (Å²) in [5.74, 6) is -2.83. The topological polar surface area (TPSA) is 138 Å². The number of ether oxygens (including phenoxy) is 1. The number of aromatic hydroxyl groups is 1. The molecule has 1 unspecified atom stereocenters. The molecule has 2 heterocycles. The lowest BCUT2D eigenvalue weighted by atomic mass is 9.78. The van der Waals surface area contributed by atoms with E-state index in [1.807, 2.05) is 0 Å². The van der Waals surface area contributed by atoms with Crippen LogP contribution in [0.2, 0.25) is 5.02 Å². The van der Waals surface area contributed by atoms with E-state index in [0.717, 1.165) is 0 Å². The zero-order valence-corrected chi connectivity index (χ0v) is 18.2. The minimum absolute atomic E-state index is 0.0388. The maximum atomic E-state index is 12.9. The highest BCUT2D eigenvalue weighted by molar-refractivity contribution is 6.30. The molecular formula is C22H24ClN3O6. The molecule has 4 N–H and O–H groups in total. The number of phenolic OH excluding ortho intramolecular Hbond substituents is 1. The van der Waals surface area contributed by atoms with Gasteiger partial charge >= 0.3 is 5.97 Å². The highest BCUT2D eigenvalue weighted by atomic mass is 35.5. The van der Waals surface area contributed by atoms with E-state index in [1.165, 1.54) is 36.5 Å². The standard InChI is InChI=1S/C22H24ClN3O6/c1-13(21(30)31)22(5-8-32-9-6-22)26-20(29)17-12-16(4-7-24-17)25-19(28)11-14-10-15(23)2-3-18(14)27/h2-4,7,10,12-13,27H,5-6,8-9,11H2,1H3,(H,26,29)(H,30,31)(H,24,25,28). The Morgan fingerprint density at radius 2 is 1.94 bits per heavy atom. The number of anilines is 1. The second-order valence-corrected chi connectivity index (χ2v) is 8.15. The van der Waals surface area contributed by atoms with Gasteiger partial charge in [-0.05, 0) is 50.1 Å². The SMILES string of the molecule is CC(C(=O)O)C1(NC(=O)c2cc(NC(=O)Cc3cc(Cl)ccc3O)ccn2)CCOCC1. The average molecular weight is 462 g/mol. The number of hydrogen-bond acceptors (Lipinski definition) is 6. The second kappa shape index (κ2) is 9.97. The van der Waals surface area contributed by atoms with Crippen molar-refractivity contribution >= 4 is 35.1 Å². The first-order valence-electron chi connectivity index (χ1n) is 10.1. The first-order chi connectivity index (χ1) is 15.2. The van der Waals surface area contributed by atoms with Crippen LogP contribution >= 0.6 is 11.6 Å². The molecule has 0 bridgehead atoms. The van der Waals surface area contributed by atoms with E-state index in [9.17, 15) is 24.6 Å². The molecule has 10 heteroatoms. The van der Waals surface area contributed by atoms with Crippen LogP contribution in [-0.2, 0) is 20.7 Å². The average Bonchev–Trinajstić information content (AvgIpc) is 2.76. The molecule has 1 fully saturated rings. The maximum absolute atomic E-state index is 12.9. The Balaban J connectivity index is 1.72. The number of carboxylic acids is 1. The van der Waals surface area contributed by atoms with E-state index < -0.39 is 29.2 Å². The van der Waals surface area contributed by atoms with Crippen LogP contribution in [-0.4, -0.2) is 51.7 Å². The lowest BCUT2D eigenvalue weighted by Crippen LogP contribution is -2.58. The van der Waals surface area contributed by atoms with Gasteiger partial charge in [0.05, 0.1) is 17.9 Å². The molecule has 0 radical (unpaired) electrons. The van der Waals surface area contributed by atoms with Crippen LogP contribution in [0.25, 0.3) is 0 Å². The van der Waals surface area contributed by atoms with Crippen LogP contribution < -0.4 is 10.6 Å². The maximum Gasteiger partial charge on any atom is 0.308 e. The van der Waals surface area contributed by atoms with Gasteiger partial charge in [0.15, 0.2) is 0 Å². The van der Waals surface area contributed by atoms with Crippen LogP contribution in [0.4, 0.5) is 5.69 Å². The van der Waals surface area contributed by atoms with Crippen molar-refractivity contribution in [1.29, 1.82) is 0 Å². The molecule has 1 aliphatic heterocycles. The van der Waals surface area contributed by atoms with Gasteiger partial charge in [0.1, 0.15) is 11.4 Å². The number of nitrogens with one attached hydrogen (secondary N) is 2. The number of benzene rings is 1. The Bertz CT molecular complexity index is 1020. The number of carboxylic acid groups (broad SMARTS) is 1. The second-order valence-electron chi connectivity index (χ2n) is 7.71. The molecule has 2 aromatic rings. The molecule has 3 rings (SSSR count). The summed E-state index contributed by atoms with van der Waals surface area (Å²) < 4.78 is 5.34. The highest BCUT2D eigenvalue weighted by Crippen LogP contribution is 2.30. The summed E-state index contributed by atoms with van der Waals surface area (Å²) in [5, 5.41) is 25.3. The molecule has 1 saturated heterocycles. The fourth-order valence-corrected chi connectivity index (χ4v) is 3.83. The van der Waals surface area contributed by atoms with Crippen LogP contribution in [0, 0.1) is 5.92 Å². The number of phenols is 1. The van der Waals surface area contributed by atoms with Gasteiger partial charge in [-0.3, -0.25) is 19.4 Å². The largest absolute Gasteiger partial charge is 0.508 e. The van der Waals surface area contributed by atoms with Gasteiger partial charge < -0.3 is 25.6 Å². The summed E-state index contributed by atoms with van der Waals surface area (Å²) in [6, 6.07) is 7.35. The molecular weight excluding hydrogens is 438 g/mol. The summed E-state index contributed by atoms with van der Waals surface area (Å²) >= 11 is 5.91. The van der Waals surface area contributed by atoms with E-state index in [0.29, 0.717) is 42.3 Å². The van der Waals surface area contributed by atoms with Crippen molar-refractivity contribution in [2.24, 2.45) is 5.92 Å². The number of rotatable bonds is 7. The predicted octanol–water partition coefficient (Wildman–Crippen LogP) is 2.62. The third-order valence-electron chi connectivity index (χ3n) is 5.62. The number of carbonyl (C=O) groups is 3. The van der Waals surface area contributed by atoms with Gasteiger partial charge in [-0.25, -0.2) is 0 Å². The number of aliphatic carboxylic acids is 1. The van der Waals surface area contributed by atoms with Crippen LogP contribution in [0.5, 0.6) is 5.75 Å². The monoisotopic (exact) mass is 461 g/mol. The van der Waals surface area contributed by atoms with E-state index in [-0.39, 0.29) is 17.9 Å². The summed E-state index contributed by atoms with van der Waals surface area (Å²) in [6.45, 7) is 2.25. The molecule has 9 nitrogen and oxygen atoms in total. The normalized spacial score (nSPS) is 16.1. The van der Waals surface area contributed by atoms with Crippen molar-refractivity contribution in [1.82, 2.24) is 10.3 Å². The van der Waals surface area contributed by atoms with Crippen molar-refractivity contribution in [2.45, 2.75) is 31.7 Å². The zero-order valence-electron chi connectivity index (χ0n) is 17.4. The predicted molar refractivity (Wildman–Crippen MR) is 117 cm³/mol. The lowest BCUT2D eigenvalue weighted by molar-refractivity contribution is -0.145. The van der Waals surface area contributed by atoms with Gasteiger partial charge in [-0.15, -0.1) is 0 Å². The van der Waals surface area contributed by atoms with E-state index in [1.54, 1.807) is 6.92 Å². The molecule has 32 heavy (non-hydrogen) atoms. The summed E-state index contributed by atoms with van der Waals surface area (Å²) in [4.78, 5) is 41.0. The van der Waals surface area contributed by atoms with Crippen molar-refractivity contribution in [3.05, 3.63) is 52.8 Å². The number of hydrogen-bond donors (Lipinski definition) is 4. The van der Waals surface area contributed by atoms with Gasteiger partial charge in [0, 0.05) is 35.7 Å². The van der Waals surface area contributed by atoms with E-state index in [2.05, 4.69) is 15.6 Å². The molecule has 170 valence electrons. The molecule has 1 atom stereocenters. The first kappa shape index (κ1) is 23.5. The first-order valence-corrected chi connectivity index (χ1v) is 10.4. The number of aromatic nitrogens is 1. The Morgan fingerprint density at radius 3 is 2.62 bits per heavy atom. The fourth-order valence-electron chi connectivity index (χ4n) is 3.63. The third kappa shape index (κ3) is 5.54. The molecule has 1 aromatic heterocycles. The Labute approximate surface area is 189 Å². The van der Waals surface area contributed by atoms with Crippen molar-refractivity contribution in [3.8, 4) is 5.75 Å². The number of carbonyl (C=O) groups excluding carboxylic acids is 2. The molecule has 0 saturated carbocycles. The third-order valence-corrected chi connectivity index (χ3v) is 5.85. The van der Waals surface area contributed by atoms with Gasteiger partial charge in [-0.1, -0.05) is 11.6 Å². The smallest absolute Gasteiger partial charge is 0.308 e. The summed E-state index contributed by atoms with van der Waals surface area (Å²) in [7, 11) is 0. The molecule has 0 aliphatic carbocycles. The van der Waals surface area contributed by atoms with E-state index >= 15 is 0 Å². The fraction of sp³-hybridized carbons (Fsp3) is 0.364. The zero-order chi connectivity index (χ0) is 23.3. The Morgan fingerprint density at radius 1 is 1.22 bits per heavy atom. The van der Waals surface area contributed by atoms with Crippen LogP contribution in [0.1, 0.15) is 35.8 Å². The van der Waals surface area contributed by atoms with Gasteiger partial charge in [-0.2, -0.15) is 0 Å². The number of pyridine rings is 1. The lowest BCUT2D eigenvalue weighted by Gasteiger charge is -2.40. The van der Waals surface area contributed by atoms with Crippen molar-refractivity contribution in [3.63, 3.8) is 0 Å². The molecule has 2 amide bonds. The van der Waals surface area contributed by atoms with Crippen molar-refractivity contribution in [2.75, 3.05) is 18.5 Å². The van der Waals surface area contributed by atoms with Crippen LogP contribution in [0.3, 0.4) is 0 Å². The molecule has 1 aliphatic rings. The highest BCUT2D eigenvalue weighted by Gasteiger charge is 2.43. The quantitative estimate of drug-likeness (QED) is 0.497. The Hall–Kier alpha value is -3.17. The number of halogens is 1. The van der Waals surface area contributed by atoms with Gasteiger partial charge in [0.2, 0.25) is 5.91 Å². The molecule has 0 spiro atoms. The summed E-state index contributed by atoms with van der Waals surface area (Å²) in [5.41, 5.74) is -0.210. The van der Waals surface area contributed by atoms with Crippen molar-refractivity contribution < 1.29 is 29.3 Å². The number of nitrogens with zero attached hydrogens (tertiary/aromatic N) is 1.